The van der Waals surface area contributed by atoms with Crippen LogP contribution in [0.5, 0.6) is 0 Å². The van der Waals surface area contributed by atoms with Crippen molar-refractivity contribution in [3.8, 4) is 6.07 Å². The minimum atomic E-state index is -1.04. The molecule has 0 saturated heterocycles. The van der Waals surface area contributed by atoms with E-state index < -0.39 is 18.0 Å². The Hall–Kier alpha value is -3.13. The van der Waals surface area contributed by atoms with E-state index in [1.165, 1.54) is 19.2 Å². The first-order chi connectivity index (χ1) is 10.7. The summed E-state index contributed by atoms with van der Waals surface area (Å²) < 4.78 is 9.78. The van der Waals surface area contributed by atoms with Crippen LogP contribution in [0.25, 0.3) is 0 Å². The highest BCUT2D eigenvalue weighted by Gasteiger charge is 2.18. The molecule has 0 aliphatic carbocycles. The van der Waals surface area contributed by atoms with Gasteiger partial charge in [-0.1, -0.05) is 30.3 Å². The van der Waals surface area contributed by atoms with Crippen LogP contribution in [-0.2, 0) is 9.47 Å². The lowest BCUT2D eigenvalue weighted by atomic mass is 10.1. The van der Waals surface area contributed by atoms with Crippen LogP contribution in [-0.4, -0.2) is 19.0 Å². The summed E-state index contributed by atoms with van der Waals surface area (Å²) in [6.45, 7) is 0. The second-order valence-electron chi connectivity index (χ2n) is 4.39. The molecule has 110 valence electrons. The normalized spacial score (nSPS) is 11.1. The van der Waals surface area contributed by atoms with Crippen LogP contribution in [0, 0.1) is 11.3 Å². The number of methoxy groups -OCH3 is 1. The molecule has 5 nitrogen and oxygen atoms in total. The molecule has 2 rings (SSSR count). The summed E-state index contributed by atoms with van der Waals surface area (Å²) in [5.41, 5.74) is 1.21. The number of esters is 2. The number of nitrogens with zero attached hydrogens (tertiary/aromatic N) is 1. The molecule has 0 saturated carbocycles. The molecular weight excluding hydrogens is 282 g/mol. The maximum atomic E-state index is 12.0. The fourth-order valence-electron chi connectivity index (χ4n) is 1.83. The predicted molar refractivity (Wildman–Crippen MR) is 78.0 cm³/mol. The highest BCUT2D eigenvalue weighted by atomic mass is 16.5. The lowest BCUT2D eigenvalue weighted by Gasteiger charge is -2.11. The molecule has 22 heavy (non-hydrogen) atoms. The van der Waals surface area contributed by atoms with Gasteiger partial charge in [-0.2, -0.15) is 5.26 Å². The van der Waals surface area contributed by atoms with E-state index in [0.29, 0.717) is 16.7 Å². The van der Waals surface area contributed by atoms with Crippen molar-refractivity contribution >= 4 is 11.9 Å². The van der Waals surface area contributed by atoms with E-state index >= 15 is 0 Å². The molecule has 2 aromatic carbocycles. The first kappa shape index (κ1) is 15.3. The van der Waals surface area contributed by atoms with Gasteiger partial charge in [-0.25, -0.2) is 9.59 Å². The zero-order chi connectivity index (χ0) is 15.9. The van der Waals surface area contributed by atoms with Gasteiger partial charge < -0.3 is 9.47 Å². The van der Waals surface area contributed by atoms with Crippen molar-refractivity contribution in [2.24, 2.45) is 0 Å². The van der Waals surface area contributed by atoms with Crippen molar-refractivity contribution in [2.75, 3.05) is 7.11 Å². The van der Waals surface area contributed by atoms with Gasteiger partial charge in [0.15, 0.2) is 0 Å². The molecule has 1 atom stereocenters. The molecule has 5 heteroatoms. The van der Waals surface area contributed by atoms with Crippen molar-refractivity contribution in [3.63, 3.8) is 0 Å². The minimum Gasteiger partial charge on any atom is -0.465 e. The SMILES string of the molecule is COC(=O)c1ccc(C(C#N)OC(=O)c2ccccc2)cc1. The van der Waals surface area contributed by atoms with Crippen LogP contribution in [0.1, 0.15) is 32.4 Å². The molecule has 1 unspecified atom stereocenters. The summed E-state index contributed by atoms with van der Waals surface area (Å²) in [5.74, 6) is -1.05. The molecule has 0 amide bonds. The highest BCUT2D eigenvalue weighted by Crippen LogP contribution is 2.19. The molecular formula is C17H13NO4. The summed E-state index contributed by atoms with van der Waals surface area (Å²) >= 11 is 0. The van der Waals surface area contributed by atoms with Gasteiger partial charge in [-0.3, -0.25) is 0 Å². The first-order valence-corrected chi connectivity index (χ1v) is 6.49. The summed E-state index contributed by atoms with van der Waals surface area (Å²) in [6.07, 6.45) is -1.04. The fourth-order valence-corrected chi connectivity index (χ4v) is 1.83. The van der Waals surface area contributed by atoms with E-state index in [9.17, 15) is 14.9 Å². The number of rotatable bonds is 4. The van der Waals surface area contributed by atoms with Gasteiger partial charge in [0.05, 0.1) is 18.2 Å². The van der Waals surface area contributed by atoms with E-state index in [-0.39, 0.29) is 0 Å². The van der Waals surface area contributed by atoms with Gasteiger partial charge >= 0.3 is 11.9 Å². The maximum absolute atomic E-state index is 12.0. The second kappa shape index (κ2) is 7.04. The van der Waals surface area contributed by atoms with Gasteiger partial charge in [0.2, 0.25) is 6.10 Å². The van der Waals surface area contributed by atoms with Crippen LogP contribution in [0.15, 0.2) is 54.6 Å². The van der Waals surface area contributed by atoms with E-state index in [0.717, 1.165) is 0 Å². The average molecular weight is 295 g/mol. The van der Waals surface area contributed by atoms with Crippen molar-refractivity contribution in [1.29, 1.82) is 5.26 Å². The Morgan fingerprint density at radius 1 is 0.955 bits per heavy atom. The van der Waals surface area contributed by atoms with Crippen molar-refractivity contribution in [2.45, 2.75) is 6.10 Å². The third-order valence-electron chi connectivity index (χ3n) is 2.99. The molecule has 0 heterocycles. The highest BCUT2D eigenvalue weighted by molar-refractivity contribution is 5.90. The monoisotopic (exact) mass is 295 g/mol. The molecule has 0 bridgehead atoms. The number of nitriles is 1. The Kier molecular flexibility index (Phi) is 4.89. The van der Waals surface area contributed by atoms with Crippen molar-refractivity contribution < 1.29 is 19.1 Å². The predicted octanol–water partition coefficient (Wildman–Crippen LogP) is 2.89. The van der Waals surface area contributed by atoms with Gasteiger partial charge in [-0.15, -0.1) is 0 Å². The van der Waals surface area contributed by atoms with Gasteiger partial charge in [-0.05, 0) is 24.3 Å². The second-order valence-corrected chi connectivity index (χ2v) is 4.39. The number of ether oxygens (including phenoxy) is 2. The largest absolute Gasteiger partial charge is 0.465 e. The summed E-state index contributed by atoms with van der Waals surface area (Å²) in [5, 5.41) is 9.18. The minimum absolute atomic E-state index is 0.359. The van der Waals surface area contributed by atoms with Crippen molar-refractivity contribution in [3.05, 3.63) is 71.3 Å². The number of benzene rings is 2. The lowest BCUT2D eigenvalue weighted by Crippen LogP contribution is -2.10. The maximum Gasteiger partial charge on any atom is 0.339 e. The summed E-state index contributed by atoms with van der Waals surface area (Å²) in [4.78, 5) is 23.3. The Bertz CT molecular complexity index is 702. The zero-order valence-electron chi connectivity index (χ0n) is 11.9. The first-order valence-electron chi connectivity index (χ1n) is 6.49. The molecule has 0 spiro atoms. The van der Waals surface area contributed by atoms with Crippen LogP contribution in [0.2, 0.25) is 0 Å². The third-order valence-corrected chi connectivity index (χ3v) is 2.99. The smallest absolute Gasteiger partial charge is 0.339 e. The van der Waals surface area contributed by atoms with Crippen LogP contribution in [0.4, 0.5) is 0 Å². The van der Waals surface area contributed by atoms with E-state index in [1.54, 1.807) is 42.5 Å². The summed E-state index contributed by atoms with van der Waals surface area (Å²) in [6, 6.07) is 16.5. The Morgan fingerprint density at radius 3 is 2.09 bits per heavy atom. The van der Waals surface area contributed by atoms with E-state index in [2.05, 4.69) is 4.74 Å². The molecule has 2 aromatic rings. The number of hydrogen-bond acceptors (Lipinski definition) is 5. The molecule has 0 radical (unpaired) electrons. The topological polar surface area (TPSA) is 76.4 Å². The van der Waals surface area contributed by atoms with E-state index in [1.807, 2.05) is 6.07 Å². The number of carbonyl (C=O) groups excluding carboxylic acids is 2. The quantitative estimate of drug-likeness (QED) is 0.810. The molecule has 0 aromatic heterocycles. The number of carbonyl (C=O) groups is 2. The molecule has 0 fully saturated rings. The summed E-state index contributed by atoms with van der Waals surface area (Å²) in [7, 11) is 1.29. The molecule has 0 aliphatic rings. The van der Waals surface area contributed by atoms with E-state index in [4.69, 9.17) is 4.74 Å². The number of hydrogen-bond donors (Lipinski definition) is 0. The zero-order valence-corrected chi connectivity index (χ0v) is 11.9. The van der Waals surface area contributed by atoms with Gasteiger partial charge in [0.1, 0.15) is 6.07 Å². The van der Waals surface area contributed by atoms with Gasteiger partial charge in [0.25, 0.3) is 0 Å². The average Bonchev–Trinajstić information content (AvgIpc) is 2.59. The van der Waals surface area contributed by atoms with Gasteiger partial charge in [0, 0.05) is 5.56 Å². The van der Waals surface area contributed by atoms with Crippen LogP contribution < -0.4 is 0 Å². The third kappa shape index (κ3) is 3.49. The Labute approximate surface area is 127 Å². The lowest BCUT2D eigenvalue weighted by molar-refractivity contribution is 0.0403. The van der Waals surface area contributed by atoms with Crippen LogP contribution in [0.3, 0.4) is 0 Å². The fraction of sp³-hybridized carbons (Fsp3) is 0.118. The standard InChI is InChI=1S/C17H13NO4/c1-21-16(19)14-9-7-12(8-10-14)15(11-18)22-17(20)13-5-3-2-4-6-13/h2-10,15H,1H3. The molecule has 0 aliphatic heterocycles. The Morgan fingerprint density at radius 2 is 1.55 bits per heavy atom. The van der Waals surface area contributed by atoms with Crippen molar-refractivity contribution in [1.82, 2.24) is 0 Å². The van der Waals surface area contributed by atoms with Crippen LogP contribution >= 0.6 is 0 Å². The molecule has 0 N–H and O–H groups in total. The Balaban J connectivity index is 2.14.